The van der Waals surface area contributed by atoms with Gasteiger partial charge in [0.05, 0.1) is 47.7 Å². The van der Waals surface area contributed by atoms with Crippen molar-refractivity contribution in [3.63, 3.8) is 0 Å². The second kappa shape index (κ2) is 31.5. The summed E-state index contributed by atoms with van der Waals surface area (Å²) >= 11 is 0. The summed E-state index contributed by atoms with van der Waals surface area (Å²) in [6.45, 7) is 19.2. The summed E-state index contributed by atoms with van der Waals surface area (Å²) in [4.78, 5) is 18.9. The average Bonchev–Trinajstić information content (AvgIpc) is 3.44. The number of hydrogen-bond acceptors (Lipinski definition) is 14. The first-order chi connectivity index (χ1) is 37.9. The molecule has 14 nitrogen and oxygen atoms in total. The Hall–Kier alpha value is -2.19. The van der Waals surface area contributed by atoms with Crippen molar-refractivity contribution in [1.29, 1.82) is 0 Å². The summed E-state index contributed by atoms with van der Waals surface area (Å²) < 4.78 is 38.5. The third kappa shape index (κ3) is 17.3. The third-order valence-corrected chi connectivity index (χ3v) is 22.8. The van der Waals surface area contributed by atoms with Gasteiger partial charge in [0.2, 0.25) is 0 Å². The van der Waals surface area contributed by atoms with Crippen LogP contribution in [0.1, 0.15) is 146 Å². The van der Waals surface area contributed by atoms with Crippen LogP contribution < -0.4 is 39.9 Å². The molecular formula is C65H104IN2O12P. The number of unbranched alkanes of at least 4 members (excludes halogenated alkanes) is 7. The Balaban J connectivity index is 0.0000120. The lowest BCUT2D eigenvalue weighted by Crippen LogP contribution is -3.00. The second-order valence-electron chi connectivity index (χ2n) is 25.1. The van der Waals surface area contributed by atoms with Gasteiger partial charge in [-0.05, 0) is 150 Å². The van der Waals surface area contributed by atoms with Gasteiger partial charge in [0.15, 0.2) is 12.6 Å². The van der Waals surface area contributed by atoms with Gasteiger partial charge in [-0.1, -0.05) is 107 Å². The lowest BCUT2D eigenvalue weighted by atomic mass is 9.77. The normalized spacial score (nSPS) is 36.0. The molecule has 0 radical (unpaired) electrons. The van der Waals surface area contributed by atoms with E-state index in [1.165, 1.54) is 35.9 Å². The summed E-state index contributed by atoms with van der Waals surface area (Å²) in [7, 11) is 3.48. The number of carbonyl (C=O) groups is 1. The van der Waals surface area contributed by atoms with Gasteiger partial charge in [-0.15, -0.1) is 0 Å². The summed E-state index contributed by atoms with van der Waals surface area (Å²) in [5.41, 5.74) is -4.49. The van der Waals surface area contributed by atoms with Crippen LogP contribution in [-0.2, 0) is 33.2 Å². The molecule has 18 atom stereocenters. The molecule has 3 aliphatic heterocycles. The average molecular weight is 1260 g/mol. The Morgan fingerprint density at radius 1 is 0.716 bits per heavy atom. The number of nitrogens with zero attached hydrogens (tertiary/aromatic N) is 2. The van der Waals surface area contributed by atoms with Crippen molar-refractivity contribution in [1.82, 2.24) is 9.80 Å². The highest BCUT2D eigenvalue weighted by atomic mass is 127. The zero-order chi connectivity index (χ0) is 58.6. The Morgan fingerprint density at radius 3 is 1.74 bits per heavy atom. The zero-order valence-corrected chi connectivity index (χ0v) is 54.3. The van der Waals surface area contributed by atoms with Crippen molar-refractivity contribution in [3.05, 3.63) is 91.0 Å². The zero-order valence-electron chi connectivity index (χ0n) is 51.2. The lowest BCUT2D eigenvalue weighted by Gasteiger charge is -2.48. The number of ether oxygens (including phenoxy) is 6. The van der Waals surface area contributed by atoms with Gasteiger partial charge in [0.25, 0.3) is 0 Å². The molecule has 81 heavy (non-hydrogen) atoms. The van der Waals surface area contributed by atoms with Gasteiger partial charge in [0, 0.05) is 38.1 Å². The monoisotopic (exact) mass is 1260 g/mol. The first-order valence-corrected chi connectivity index (χ1v) is 32.2. The van der Waals surface area contributed by atoms with Crippen LogP contribution in [-0.4, -0.2) is 172 Å². The molecule has 0 aliphatic carbocycles. The molecule has 3 aromatic rings. The van der Waals surface area contributed by atoms with E-state index in [2.05, 4.69) is 103 Å². The van der Waals surface area contributed by atoms with E-state index in [-0.39, 0.29) is 61.3 Å². The molecule has 3 aromatic carbocycles. The highest BCUT2D eigenvalue weighted by Gasteiger charge is 2.53. The van der Waals surface area contributed by atoms with Crippen LogP contribution in [0.2, 0.25) is 0 Å². The Labute approximate surface area is 504 Å². The van der Waals surface area contributed by atoms with Crippen molar-refractivity contribution in [2.24, 2.45) is 17.8 Å². The molecule has 0 spiro atoms. The van der Waals surface area contributed by atoms with Crippen LogP contribution in [0.5, 0.6) is 0 Å². The number of cyclic esters (lactones) is 1. The number of halogens is 1. The van der Waals surface area contributed by atoms with Gasteiger partial charge in [-0.2, -0.15) is 0 Å². The van der Waals surface area contributed by atoms with E-state index in [0.717, 1.165) is 44.7 Å². The predicted octanol–water partition coefficient (Wildman–Crippen LogP) is 5.39. The number of hydrogen-bond donors (Lipinski definition) is 5. The van der Waals surface area contributed by atoms with E-state index in [1.807, 2.05) is 46.7 Å². The maximum Gasteiger partial charge on any atom is 0.311 e. The SMILES string of the molecule is CC[C@H]1OC(=O)[C@H](C)[C@@H](O[C@H]2C[C@@](C)(OC)[C@@H](O)[C@H](C)O2)[C@H](C)[C@@H](O[C@@H]2O[C@H](C)C[C@H](N(C)C)[C@H]2O)[C@](C)(O)C[C@@H](C)CN(CCCCCCCCCC[P+](c2ccccc2)(c2ccccc2)c2ccccc2)[C@H](C)[C@@H](O)[C@]1(C)O.[I-]. The van der Waals surface area contributed by atoms with Crippen LogP contribution in [0, 0.1) is 17.8 Å². The van der Waals surface area contributed by atoms with E-state index in [1.54, 1.807) is 34.6 Å². The molecule has 6 rings (SSSR count). The number of likely N-dealkylation sites (N-methyl/N-ethyl adjacent to an activating group) is 1. The fourth-order valence-electron chi connectivity index (χ4n) is 13.5. The molecule has 458 valence electrons. The number of carbonyl (C=O) groups excluding carboxylic acids is 1. The summed E-state index contributed by atoms with van der Waals surface area (Å²) in [6, 6.07) is 32.5. The fourth-order valence-corrected chi connectivity index (χ4v) is 17.9. The smallest absolute Gasteiger partial charge is 0.311 e. The minimum absolute atomic E-state index is 0. The number of aliphatic hydroxyl groups is 5. The molecule has 0 amide bonds. The molecule has 0 aromatic heterocycles. The lowest BCUT2D eigenvalue weighted by molar-refractivity contribution is -0.318. The molecule has 16 heteroatoms. The van der Waals surface area contributed by atoms with Gasteiger partial charge >= 0.3 is 5.97 Å². The van der Waals surface area contributed by atoms with Crippen LogP contribution in [0.15, 0.2) is 91.0 Å². The van der Waals surface area contributed by atoms with Crippen molar-refractivity contribution in [2.45, 2.75) is 237 Å². The highest BCUT2D eigenvalue weighted by Crippen LogP contribution is 2.56. The summed E-state index contributed by atoms with van der Waals surface area (Å²) in [6.07, 6.45) is 1.38. The highest BCUT2D eigenvalue weighted by molar-refractivity contribution is 7.95. The van der Waals surface area contributed by atoms with Gasteiger partial charge in [0.1, 0.15) is 53.2 Å². The van der Waals surface area contributed by atoms with Crippen molar-refractivity contribution < 1.29 is 82.7 Å². The molecule has 0 saturated carbocycles. The first-order valence-electron chi connectivity index (χ1n) is 30.2. The number of methoxy groups -OCH3 is 1. The molecule has 3 aliphatic rings. The Morgan fingerprint density at radius 2 is 1.23 bits per heavy atom. The number of rotatable bonds is 21. The molecule has 5 N–H and O–H groups in total. The van der Waals surface area contributed by atoms with Crippen molar-refractivity contribution in [3.8, 4) is 0 Å². The quantitative estimate of drug-likeness (QED) is 0.0397. The molecule has 3 fully saturated rings. The molecule has 3 heterocycles. The molecule has 0 unspecified atom stereocenters. The minimum atomic E-state index is -1.85. The van der Waals surface area contributed by atoms with Crippen LogP contribution in [0.3, 0.4) is 0 Å². The van der Waals surface area contributed by atoms with Gasteiger partial charge in [-0.25, -0.2) is 0 Å². The minimum Gasteiger partial charge on any atom is -1.00 e. The maximum atomic E-state index is 14.7. The van der Waals surface area contributed by atoms with Gasteiger partial charge < -0.3 is 82.8 Å². The fraction of sp³-hybridized carbons (Fsp3) is 0.708. The van der Waals surface area contributed by atoms with E-state index >= 15 is 0 Å². The van der Waals surface area contributed by atoms with Gasteiger partial charge in [-0.3, -0.25) is 9.69 Å². The molecule has 0 bridgehead atoms. The molecular weight excluding hydrogens is 1160 g/mol. The number of esters is 1. The Kier molecular flexibility index (Phi) is 27.0. The largest absolute Gasteiger partial charge is 1.00 e. The van der Waals surface area contributed by atoms with E-state index in [4.69, 9.17) is 28.4 Å². The Bertz CT molecular complexity index is 2190. The van der Waals surface area contributed by atoms with Crippen LogP contribution >= 0.6 is 7.26 Å². The summed E-state index contributed by atoms with van der Waals surface area (Å²) in [5.74, 6) is -2.66. The first kappa shape index (κ1) is 69.6. The van der Waals surface area contributed by atoms with E-state index in [9.17, 15) is 30.3 Å². The van der Waals surface area contributed by atoms with Crippen molar-refractivity contribution >= 4 is 29.1 Å². The second-order valence-corrected chi connectivity index (χ2v) is 28.7. The maximum absolute atomic E-state index is 14.7. The summed E-state index contributed by atoms with van der Waals surface area (Å²) in [5, 5.41) is 64.9. The van der Waals surface area contributed by atoms with Crippen LogP contribution in [0.25, 0.3) is 0 Å². The number of benzene rings is 3. The predicted molar refractivity (Wildman–Crippen MR) is 320 cm³/mol. The van der Waals surface area contributed by atoms with E-state index < -0.39 is 103 Å². The third-order valence-electron chi connectivity index (χ3n) is 18.3. The number of aliphatic hydroxyl groups excluding tert-OH is 3. The van der Waals surface area contributed by atoms with Crippen molar-refractivity contribution in [2.75, 3.05) is 40.5 Å². The van der Waals surface area contributed by atoms with Crippen LogP contribution in [0.4, 0.5) is 0 Å². The van der Waals surface area contributed by atoms with E-state index in [0.29, 0.717) is 19.5 Å². The topological polar surface area (TPSA) is 180 Å². The molecule has 3 saturated heterocycles. The standard InChI is InChI=1S/C65H104N2O12P.HI/c1-14-54-65(10,73)58(69)48(6)67(38-30-19-17-15-16-18-20-31-39-80(50-32-24-21-25-33-50,51-34-26-22-27-35-51)52-36-28-23-29-37-52)43-44(2)41-63(8,72)60(79-62-56(68)53(66(11)12)40-45(3)75-62)46(4)57(47(5)61(71)77-54)78-55-42-64(9,74-13)59(70)49(7)76-55;/h21-29,32-37,44-49,53-60,62,68-70,72-73H,14-20,30-31,38-43H2,1-13H3;1H/q+1;/p-1/t44-,45-,46+,47-,48-,49+,53+,54-,55+,56-,57+,58-,59+,60-,62+,63-,64-,65-;/m1./s1.